The van der Waals surface area contributed by atoms with E-state index >= 15 is 0 Å². The Labute approximate surface area is 153 Å². The zero-order chi connectivity index (χ0) is 17.5. The van der Waals surface area contributed by atoms with Crippen molar-refractivity contribution in [2.75, 3.05) is 21.3 Å². The van der Waals surface area contributed by atoms with E-state index in [4.69, 9.17) is 14.2 Å². The Morgan fingerprint density at radius 1 is 1.04 bits per heavy atom. The molecule has 6 nitrogen and oxygen atoms in total. The lowest BCUT2D eigenvalue weighted by Crippen LogP contribution is -2.18. The lowest BCUT2D eigenvalue weighted by Gasteiger charge is -2.11. The molecule has 0 aliphatic heterocycles. The van der Waals surface area contributed by atoms with Gasteiger partial charge in [-0.2, -0.15) is 5.10 Å². The maximum atomic E-state index is 12.1. The van der Waals surface area contributed by atoms with Crippen LogP contribution in [0.5, 0.6) is 17.2 Å². The number of hydrazone groups is 1. The molecule has 2 aromatic carbocycles. The Kier molecular flexibility index (Phi) is 6.42. The minimum Gasteiger partial charge on any atom is -0.496 e. The number of benzene rings is 2. The van der Waals surface area contributed by atoms with Crippen LogP contribution in [0.2, 0.25) is 0 Å². The van der Waals surface area contributed by atoms with Crippen molar-refractivity contribution in [1.82, 2.24) is 5.43 Å². The van der Waals surface area contributed by atoms with Crippen LogP contribution in [0.3, 0.4) is 0 Å². The van der Waals surface area contributed by atoms with Gasteiger partial charge in [0.1, 0.15) is 5.75 Å². The third kappa shape index (κ3) is 4.16. The normalized spacial score (nSPS) is 10.5. The van der Waals surface area contributed by atoms with Gasteiger partial charge in [0, 0.05) is 15.2 Å². The fourth-order valence-electron chi connectivity index (χ4n) is 2.02. The Morgan fingerprint density at radius 2 is 1.67 bits per heavy atom. The van der Waals surface area contributed by atoms with E-state index in [1.54, 1.807) is 45.6 Å². The zero-order valence-corrected chi connectivity index (χ0v) is 15.7. The van der Waals surface area contributed by atoms with Crippen LogP contribution in [0.1, 0.15) is 15.9 Å². The summed E-state index contributed by atoms with van der Waals surface area (Å²) in [6.07, 6.45) is 1.49. The second-order valence-electron chi connectivity index (χ2n) is 4.63. The van der Waals surface area contributed by atoms with Crippen molar-refractivity contribution >= 4 is 34.7 Å². The van der Waals surface area contributed by atoms with Gasteiger partial charge in [0.2, 0.25) is 0 Å². The largest absolute Gasteiger partial charge is 0.496 e. The van der Waals surface area contributed by atoms with E-state index in [0.29, 0.717) is 28.4 Å². The number of rotatable bonds is 6. The first-order valence-corrected chi connectivity index (χ1v) is 8.06. The first kappa shape index (κ1) is 18.1. The highest BCUT2D eigenvalue weighted by Gasteiger charge is 2.11. The highest BCUT2D eigenvalue weighted by Crippen LogP contribution is 2.33. The summed E-state index contributed by atoms with van der Waals surface area (Å²) in [6, 6.07) is 10.7. The number of carbonyl (C=O) groups is 1. The highest BCUT2D eigenvalue weighted by molar-refractivity contribution is 14.1. The van der Waals surface area contributed by atoms with E-state index < -0.39 is 0 Å². The number of nitrogens with zero attached hydrogens (tertiary/aromatic N) is 1. The van der Waals surface area contributed by atoms with Gasteiger partial charge in [-0.25, -0.2) is 5.43 Å². The van der Waals surface area contributed by atoms with E-state index in [0.717, 1.165) is 3.57 Å². The minimum absolute atomic E-state index is 0.282. The monoisotopic (exact) mass is 440 g/mol. The summed E-state index contributed by atoms with van der Waals surface area (Å²) in [5.41, 5.74) is 3.72. The summed E-state index contributed by atoms with van der Waals surface area (Å²) in [5, 5.41) is 3.99. The average Bonchev–Trinajstić information content (AvgIpc) is 2.61. The molecule has 0 aliphatic rings. The van der Waals surface area contributed by atoms with Gasteiger partial charge in [0.25, 0.3) is 5.91 Å². The average molecular weight is 440 g/mol. The third-order valence-electron chi connectivity index (χ3n) is 3.22. The van der Waals surface area contributed by atoms with Gasteiger partial charge in [-0.15, -0.1) is 0 Å². The number of hydrogen-bond donors (Lipinski definition) is 1. The first-order chi connectivity index (χ1) is 11.6. The van der Waals surface area contributed by atoms with Crippen molar-refractivity contribution in [3.8, 4) is 17.2 Å². The maximum absolute atomic E-state index is 12.1. The molecule has 2 aromatic rings. The molecule has 0 saturated heterocycles. The van der Waals surface area contributed by atoms with Gasteiger partial charge in [0.15, 0.2) is 11.5 Å². The summed E-state index contributed by atoms with van der Waals surface area (Å²) in [4.78, 5) is 12.1. The molecule has 7 heteroatoms. The predicted molar refractivity (Wildman–Crippen MR) is 100 cm³/mol. The number of ether oxygens (including phenoxy) is 3. The summed E-state index contributed by atoms with van der Waals surface area (Å²) >= 11 is 2.10. The second-order valence-corrected chi connectivity index (χ2v) is 5.79. The molecular formula is C17H17IN2O4. The van der Waals surface area contributed by atoms with Crippen LogP contribution >= 0.6 is 22.6 Å². The van der Waals surface area contributed by atoms with Crippen molar-refractivity contribution in [3.05, 3.63) is 51.1 Å². The Bertz CT molecular complexity index is 762. The van der Waals surface area contributed by atoms with Gasteiger partial charge >= 0.3 is 0 Å². The molecule has 1 N–H and O–H groups in total. The van der Waals surface area contributed by atoms with Crippen LogP contribution in [0.15, 0.2) is 41.5 Å². The number of hydrogen-bond acceptors (Lipinski definition) is 5. The number of amides is 1. The smallest absolute Gasteiger partial charge is 0.272 e. The third-order valence-corrected chi connectivity index (χ3v) is 4.16. The van der Waals surface area contributed by atoms with Crippen LogP contribution < -0.4 is 19.6 Å². The molecule has 0 fully saturated rings. The number of halogens is 1. The van der Waals surface area contributed by atoms with E-state index in [9.17, 15) is 4.79 Å². The quantitative estimate of drug-likeness (QED) is 0.426. The molecule has 0 spiro atoms. The Hall–Kier alpha value is -2.29. The van der Waals surface area contributed by atoms with Crippen LogP contribution in [0.25, 0.3) is 0 Å². The molecule has 0 unspecified atom stereocenters. The fraction of sp³-hybridized carbons (Fsp3) is 0.176. The summed E-state index contributed by atoms with van der Waals surface area (Å²) in [5.74, 6) is 1.37. The van der Waals surface area contributed by atoms with E-state index in [-0.39, 0.29) is 5.91 Å². The van der Waals surface area contributed by atoms with Crippen molar-refractivity contribution < 1.29 is 19.0 Å². The van der Waals surface area contributed by atoms with E-state index in [1.165, 1.54) is 6.21 Å². The van der Waals surface area contributed by atoms with E-state index in [2.05, 4.69) is 33.1 Å². The second kappa shape index (κ2) is 8.53. The van der Waals surface area contributed by atoms with Crippen molar-refractivity contribution in [2.24, 2.45) is 5.10 Å². The van der Waals surface area contributed by atoms with Crippen LogP contribution in [0.4, 0.5) is 0 Å². The highest BCUT2D eigenvalue weighted by atomic mass is 127. The number of carbonyl (C=O) groups excluding carboxylic acids is 1. The number of methoxy groups -OCH3 is 3. The molecule has 24 heavy (non-hydrogen) atoms. The van der Waals surface area contributed by atoms with Gasteiger partial charge in [-0.1, -0.05) is 12.1 Å². The topological polar surface area (TPSA) is 69.2 Å². The molecular weight excluding hydrogens is 423 g/mol. The molecule has 0 aromatic heterocycles. The molecule has 0 saturated carbocycles. The SMILES string of the molecule is COc1cc(OC)c(OC)cc1/C=N\NC(=O)c1ccccc1I. The summed E-state index contributed by atoms with van der Waals surface area (Å²) in [7, 11) is 4.64. The predicted octanol–water partition coefficient (Wildman–Crippen LogP) is 3.08. The minimum atomic E-state index is -0.282. The van der Waals surface area contributed by atoms with E-state index in [1.807, 2.05) is 12.1 Å². The lowest BCUT2D eigenvalue weighted by atomic mass is 10.2. The molecule has 0 aliphatic carbocycles. The molecule has 2 rings (SSSR count). The molecule has 0 bridgehead atoms. The lowest BCUT2D eigenvalue weighted by molar-refractivity contribution is 0.0954. The Morgan fingerprint density at radius 3 is 2.29 bits per heavy atom. The van der Waals surface area contributed by atoms with Gasteiger partial charge in [-0.05, 0) is 40.8 Å². The summed E-state index contributed by atoms with van der Waals surface area (Å²) in [6.45, 7) is 0. The molecule has 1 amide bonds. The van der Waals surface area contributed by atoms with Crippen LogP contribution in [0, 0.1) is 3.57 Å². The van der Waals surface area contributed by atoms with Crippen LogP contribution in [-0.2, 0) is 0 Å². The standard InChI is InChI=1S/C17H17IN2O4/c1-22-14-9-16(24-3)15(23-2)8-11(14)10-19-20-17(21)12-6-4-5-7-13(12)18/h4-10H,1-3H3,(H,20,21)/b19-10-. The molecule has 0 heterocycles. The van der Waals surface area contributed by atoms with Crippen molar-refractivity contribution in [1.29, 1.82) is 0 Å². The van der Waals surface area contributed by atoms with Gasteiger partial charge in [-0.3, -0.25) is 4.79 Å². The molecule has 126 valence electrons. The first-order valence-electron chi connectivity index (χ1n) is 6.98. The van der Waals surface area contributed by atoms with Crippen molar-refractivity contribution in [3.63, 3.8) is 0 Å². The number of nitrogens with one attached hydrogen (secondary N) is 1. The molecule has 0 atom stereocenters. The molecule has 0 radical (unpaired) electrons. The van der Waals surface area contributed by atoms with Crippen LogP contribution in [-0.4, -0.2) is 33.5 Å². The van der Waals surface area contributed by atoms with Gasteiger partial charge < -0.3 is 14.2 Å². The zero-order valence-electron chi connectivity index (χ0n) is 13.5. The van der Waals surface area contributed by atoms with Gasteiger partial charge in [0.05, 0.1) is 33.1 Å². The summed E-state index contributed by atoms with van der Waals surface area (Å²) < 4.78 is 16.6. The Balaban J connectivity index is 2.19. The fourth-order valence-corrected chi connectivity index (χ4v) is 2.65. The maximum Gasteiger partial charge on any atom is 0.272 e. The van der Waals surface area contributed by atoms with Crippen molar-refractivity contribution in [2.45, 2.75) is 0 Å².